The van der Waals surface area contributed by atoms with Gasteiger partial charge in [0.2, 0.25) is 11.9 Å². The van der Waals surface area contributed by atoms with Crippen molar-refractivity contribution in [1.82, 2.24) is 14.8 Å². The lowest BCUT2D eigenvalue weighted by molar-refractivity contribution is -0.113. The standard InChI is InChI=1S/C24H34N6O2S/c31-22(25-19-8-10-20(11-9-19)28-12-4-5-13-28)18-33-24-27-26-23(29-14-2-1-3-15-29)30(24)17-21-7-6-16-32-21/h8-11,21H,1-7,12-18H2,(H,25,31). The van der Waals surface area contributed by atoms with E-state index in [9.17, 15) is 4.79 Å². The minimum absolute atomic E-state index is 0.0277. The quantitative estimate of drug-likeness (QED) is 0.589. The molecule has 0 bridgehead atoms. The molecular formula is C24H34N6O2S. The van der Waals surface area contributed by atoms with E-state index in [0.717, 1.165) is 69.0 Å². The van der Waals surface area contributed by atoms with Crippen molar-refractivity contribution in [3.05, 3.63) is 24.3 Å². The minimum Gasteiger partial charge on any atom is -0.376 e. The van der Waals surface area contributed by atoms with E-state index in [-0.39, 0.29) is 12.0 Å². The average molecular weight is 471 g/mol. The maximum Gasteiger partial charge on any atom is 0.234 e. The van der Waals surface area contributed by atoms with Crippen LogP contribution in [-0.4, -0.2) is 65.3 Å². The van der Waals surface area contributed by atoms with E-state index >= 15 is 0 Å². The lowest BCUT2D eigenvalue weighted by atomic mass is 10.1. The Morgan fingerprint density at radius 3 is 2.42 bits per heavy atom. The highest BCUT2D eigenvalue weighted by Gasteiger charge is 2.25. The molecule has 0 aliphatic carbocycles. The van der Waals surface area contributed by atoms with Crippen molar-refractivity contribution in [2.24, 2.45) is 0 Å². The van der Waals surface area contributed by atoms with E-state index in [1.165, 1.54) is 49.6 Å². The van der Waals surface area contributed by atoms with Crippen LogP contribution in [0.2, 0.25) is 0 Å². The second kappa shape index (κ2) is 10.8. The van der Waals surface area contributed by atoms with Crippen LogP contribution in [0.5, 0.6) is 0 Å². The molecule has 4 heterocycles. The van der Waals surface area contributed by atoms with Crippen molar-refractivity contribution in [3.8, 4) is 0 Å². The Labute approximate surface area is 200 Å². The van der Waals surface area contributed by atoms with Crippen LogP contribution in [0.1, 0.15) is 44.9 Å². The highest BCUT2D eigenvalue weighted by atomic mass is 32.2. The molecule has 0 saturated carbocycles. The molecule has 1 N–H and O–H groups in total. The van der Waals surface area contributed by atoms with Gasteiger partial charge in [0.1, 0.15) is 0 Å². The molecule has 33 heavy (non-hydrogen) atoms. The van der Waals surface area contributed by atoms with Crippen LogP contribution < -0.4 is 15.1 Å². The van der Waals surface area contributed by atoms with Gasteiger partial charge in [0.15, 0.2) is 5.16 Å². The summed E-state index contributed by atoms with van der Waals surface area (Å²) >= 11 is 1.45. The van der Waals surface area contributed by atoms with Gasteiger partial charge >= 0.3 is 0 Å². The van der Waals surface area contributed by atoms with Gasteiger partial charge in [0, 0.05) is 44.2 Å². The number of thioether (sulfide) groups is 1. The fourth-order valence-electron chi connectivity index (χ4n) is 4.93. The summed E-state index contributed by atoms with van der Waals surface area (Å²) in [6.07, 6.45) is 8.54. The van der Waals surface area contributed by atoms with E-state index in [2.05, 4.69) is 42.0 Å². The summed E-state index contributed by atoms with van der Waals surface area (Å²) in [7, 11) is 0. The third-order valence-electron chi connectivity index (χ3n) is 6.70. The molecule has 3 aliphatic heterocycles. The maximum absolute atomic E-state index is 12.7. The van der Waals surface area contributed by atoms with Crippen LogP contribution in [0.15, 0.2) is 29.4 Å². The first-order valence-corrected chi connectivity index (χ1v) is 13.3. The molecule has 178 valence electrons. The van der Waals surface area contributed by atoms with Crippen LogP contribution in [0, 0.1) is 0 Å². The molecule has 1 amide bonds. The van der Waals surface area contributed by atoms with Crippen LogP contribution in [0.3, 0.4) is 0 Å². The number of hydrogen-bond acceptors (Lipinski definition) is 7. The van der Waals surface area contributed by atoms with Crippen molar-refractivity contribution in [1.29, 1.82) is 0 Å². The Hall–Kier alpha value is -2.26. The summed E-state index contributed by atoms with van der Waals surface area (Å²) in [5.74, 6) is 1.20. The van der Waals surface area contributed by atoms with E-state index in [1.807, 2.05) is 12.1 Å². The molecular weight excluding hydrogens is 436 g/mol. The molecule has 8 nitrogen and oxygen atoms in total. The molecule has 3 fully saturated rings. The number of nitrogens with one attached hydrogen (secondary N) is 1. The number of benzene rings is 1. The van der Waals surface area contributed by atoms with Crippen LogP contribution in [0.25, 0.3) is 0 Å². The van der Waals surface area contributed by atoms with Crippen molar-refractivity contribution < 1.29 is 9.53 Å². The number of amides is 1. The SMILES string of the molecule is O=C(CSc1nnc(N2CCCCC2)n1CC1CCCO1)Nc1ccc(N2CCCC2)cc1. The maximum atomic E-state index is 12.7. The van der Waals surface area contributed by atoms with Gasteiger partial charge in [-0.15, -0.1) is 10.2 Å². The predicted octanol–water partition coefficient (Wildman–Crippen LogP) is 3.78. The van der Waals surface area contributed by atoms with Crippen LogP contribution in [0.4, 0.5) is 17.3 Å². The summed E-state index contributed by atoms with van der Waals surface area (Å²) in [5.41, 5.74) is 2.06. The lowest BCUT2D eigenvalue weighted by Gasteiger charge is -2.28. The largest absolute Gasteiger partial charge is 0.376 e. The fourth-order valence-corrected chi connectivity index (χ4v) is 5.67. The molecule has 9 heteroatoms. The van der Waals surface area contributed by atoms with Gasteiger partial charge in [-0.05, 0) is 69.2 Å². The smallest absolute Gasteiger partial charge is 0.234 e. The minimum atomic E-state index is -0.0277. The van der Waals surface area contributed by atoms with Crippen LogP contribution >= 0.6 is 11.8 Å². The summed E-state index contributed by atoms with van der Waals surface area (Å²) in [6, 6.07) is 8.17. The molecule has 3 saturated heterocycles. The first kappa shape index (κ1) is 22.5. The number of piperidine rings is 1. The highest BCUT2D eigenvalue weighted by Crippen LogP contribution is 2.27. The van der Waals surface area contributed by atoms with Crippen molar-refractivity contribution in [3.63, 3.8) is 0 Å². The number of rotatable bonds is 8. The zero-order valence-electron chi connectivity index (χ0n) is 19.2. The number of carbonyl (C=O) groups excluding carboxylic acids is 1. The third-order valence-corrected chi connectivity index (χ3v) is 7.67. The Kier molecular flexibility index (Phi) is 7.36. The monoisotopic (exact) mass is 470 g/mol. The van der Waals surface area contributed by atoms with Gasteiger partial charge in [0.25, 0.3) is 0 Å². The lowest BCUT2D eigenvalue weighted by Crippen LogP contribution is -2.33. The molecule has 1 atom stereocenters. The van der Waals surface area contributed by atoms with E-state index in [1.54, 1.807) is 0 Å². The molecule has 3 aliphatic rings. The first-order chi connectivity index (χ1) is 16.3. The van der Waals surface area contributed by atoms with Gasteiger partial charge in [-0.1, -0.05) is 11.8 Å². The second-order valence-corrected chi connectivity index (χ2v) is 10.1. The van der Waals surface area contributed by atoms with Crippen molar-refractivity contribution in [2.45, 2.75) is 62.8 Å². The van der Waals surface area contributed by atoms with Crippen molar-refractivity contribution in [2.75, 3.05) is 53.7 Å². The summed E-state index contributed by atoms with van der Waals surface area (Å²) in [6.45, 7) is 5.85. The predicted molar refractivity (Wildman–Crippen MR) is 132 cm³/mol. The third kappa shape index (κ3) is 5.63. The normalized spacial score (nSPS) is 21.0. The zero-order valence-corrected chi connectivity index (χ0v) is 20.1. The van der Waals surface area contributed by atoms with Gasteiger partial charge in [0.05, 0.1) is 18.4 Å². The number of hydrogen-bond donors (Lipinski definition) is 1. The molecule has 2 aromatic rings. The van der Waals surface area contributed by atoms with Crippen molar-refractivity contribution >= 4 is 35.0 Å². The number of ether oxygens (including phenoxy) is 1. The molecule has 1 aromatic carbocycles. The summed E-state index contributed by atoms with van der Waals surface area (Å²) in [5, 5.41) is 12.8. The average Bonchev–Trinajstić information content (AvgIpc) is 3.62. The Morgan fingerprint density at radius 1 is 0.970 bits per heavy atom. The summed E-state index contributed by atoms with van der Waals surface area (Å²) < 4.78 is 8.06. The molecule has 0 radical (unpaired) electrons. The van der Waals surface area contributed by atoms with Gasteiger partial charge in [-0.3, -0.25) is 9.36 Å². The summed E-state index contributed by atoms with van der Waals surface area (Å²) in [4.78, 5) is 17.4. The topological polar surface area (TPSA) is 75.5 Å². The Balaban J connectivity index is 1.21. The first-order valence-electron chi connectivity index (χ1n) is 12.3. The molecule has 0 spiro atoms. The number of carbonyl (C=O) groups is 1. The fraction of sp³-hybridized carbons (Fsp3) is 0.625. The van der Waals surface area contributed by atoms with E-state index < -0.39 is 0 Å². The number of anilines is 3. The number of nitrogens with zero attached hydrogens (tertiary/aromatic N) is 5. The molecule has 1 aromatic heterocycles. The Morgan fingerprint density at radius 2 is 1.70 bits per heavy atom. The number of aromatic nitrogens is 3. The van der Waals surface area contributed by atoms with Gasteiger partial charge < -0.3 is 19.9 Å². The van der Waals surface area contributed by atoms with Gasteiger partial charge in [-0.2, -0.15) is 0 Å². The van der Waals surface area contributed by atoms with E-state index in [0.29, 0.717) is 5.75 Å². The highest BCUT2D eigenvalue weighted by molar-refractivity contribution is 7.99. The van der Waals surface area contributed by atoms with E-state index in [4.69, 9.17) is 4.74 Å². The molecule has 1 unspecified atom stereocenters. The zero-order chi connectivity index (χ0) is 22.5. The Bertz CT molecular complexity index is 916. The van der Waals surface area contributed by atoms with Gasteiger partial charge in [-0.25, -0.2) is 0 Å². The second-order valence-electron chi connectivity index (χ2n) is 9.15. The van der Waals surface area contributed by atoms with Crippen LogP contribution in [-0.2, 0) is 16.1 Å². The molecule has 5 rings (SSSR count).